The number of thioether (sulfide) groups is 1. The highest BCUT2D eigenvalue weighted by Gasteiger charge is 2.29. The zero-order valence-electron chi connectivity index (χ0n) is 9.61. The van der Waals surface area contributed by atoms with Gasteiger partial charge in [0.05, 0.1) is 6.10 Å². The Morgan fingerprint density at radius 1 is 1.13 bits per heavy atom. The van der Waals surface area contributed by atoms with E-state index in [9.17, 15) is 5.11 Å². The van der Waals surface area contributed by atoms with Crippen LogP contribution < -0.4 is 5.32 Å². The van der Waals surface area contributed by atoms with Gasteiger partial charge in [0.15, 0.2) is 0 Å². The number of rotatable bonds is 3. The molecule has 0 spiro atoms. The van der Waals surface area contributed by atoms with Crippen molar-refractivity contribution < 1.29 is 5.11 Å². The summed E-state index contributed by atoms with van der Waals surface area (Å²) in [7, 11) is 0. The van der Waals surface area contributed by atoms with E-state index < -0.39 is 0 Å². The second-order valence-corrected chi connectivity index (χ2v) is 6.13. The standard InChI is InChI=1S/C12H23NOS/c1-15-10-7-6-9(8-10)13-11-4-2-3-5-12(11)14/h9-14H,2-8H2,1H3/t9?,10?,11-,12-/m1/s1. The lowest BCUT2D eigenvalue weighted by molar-refractivity contribution is 0.0852. The van der Waals surface area contributed by atoms with Gasteiger partial charge in [-0.2, -0.15) is 11.8 Å². The second kappa shape index (κ2) is 5.55. The molecule has 2 nitrogen and oxygen atoms in total. The molecule has 0 aromatic carbocycles. The van der Waals surface area contributed by atoms with Crippen LogP contribution in [0.4, 0.5) is 0 Å². The van der Waals surface area contributed by atoms with Crippen LogP contribution in [0, 0.1) is 0 Å². The van der Waals surface area contributed by atoms with Crippen LogP contribution in [0.2, 0.25) is 0 Å². The van der Waals surface area contributed by atoms with E-state index in [1.165, 1.54) is 38.5 Å². The molecule has 2 saturated carbocycles. The van der Waals surface area contributed by atoms with E-state index in [0.717, 1.165) is 11.7 Å². The number of hydrogen-bond acceptors (Lipinski definition) is 3. The maximum atomic E-state index is 9.88. The SMILES string of the molecule is CSC1CCC(N[C@@H]2CCCC[C@H]2O)C1. The van der Waals surface area contributed by atoms with Crippen LogP contribution >= 0.6 is 11.8 Å². The highest BCUT2D eigenvalue weighted by atomic mass is 32.2. The van der Waals surface area contributed by atoms with Crippen molar-refractivity contribution in [2.24, 2.45) is 0 Å². The van der Waals surface area contributed by atoms with Crippen LogP contribution in [-0.4, -0.2) is 34.8 Å². The first kappa shape index (κ1) is 11.7. The molecule has 2 unspecified atom stereocenters. The monoisotopic (exact) mass is 229 g/mol. The van der Waals surface area contributed by atoms with Crippen molar-refractivity contribution >= 4 is 11.8 Å². The summed E-state index contributed by atoms with van der Waals surface area (Å²) in [5.41, 5.74) is 0. The Bertz CT molecular complexity index is 200. The van der Waals surface area contributed by atoms with E-state index >= 15 is 0 Å². The summed E-state index contributed by atoms with van der Waals surface area (Å²) < 4.78 is 0. The zero-order valence-corrected chi connectivity index (χ0v) is 10.4. The van der Waals surface area contributed by atoms with Crippen LogP contribution in [0.25, 0.3) is 0 Å². The molecular weight excluding hydrogens is 206 g/mol. The van der Waals surface area contributed by atoms with E-state index in [1.54, 1.807) is 0 Å². The molecule has 15 heavy (non-hydrogen) atoms. The molecule has 2 N–H and O–H groups in total. The molecule has 0 saturated heterocycles. The summed E-state index contributed by atoms with van der Waals surface area (Å²) >= 11 is 2.00. The van der Waals surface area contributed by atoms with Crippen molar-refractivity contribution in [3.63, 3.8) is 0 Å². The van der Waals surface area contributed by atoms with Gasteiger partial charge in [-0.15, -0.1) is 0 Å². The Balaban J connectivity index is 1.76. The number of aliphatic hydroxyl groups excluding tert-OH is 1. The lowest BCUT2D eigenvalue weighted by atomic mass is 9.92. The number of nitrogens with one attached hydrogen (secondary N) is 1. The molecule has 0 aliphatic heterocycles. The fourth-order valence-corrected chi connectivity index (χ4v) is 3.71. The first-order chi connectivity index (χ1) is 7.29. The third-order valence-corrected chi connectivity index (χ3v) is 4.99. The normalized spacial score (nSPS) is 42.0. The summed E-state index contributed by atoms with van der Waals surface area (Å²) in [6.45, 7) is 0. The Labute approximate surface area is 97.2 Å². The van der Waals surface area contributed by atoms with Gasteiger partial charge in [-0.1, -0.05) is 12.8 Å². The summed E-state index contributed by atoms with van der Waals surface area (Å²) in [5.74, 6) is 0. The molecule has 88 valence electrons. The van der Waals surface area contributed by atoms with Crippen LogP contribution in [0.1, 0.15) is 44.9 Å². The maximum absolute atomic E-state index is 9.88. The third kappa shape index (κ3) is 3.11. The van der Waals surface area contributed by atoms with Crippen molar-refractivity contribution in [3.05, 3.63) is 0 Å². The molecule has 2 aliphatic carbocycles. The van der Waals surface area contributed by atoms with Crippen LogP contribution in [0.15, 0.2) is 0 Å². The molecule has 0 aromatic rings. The molecule has 0 heterocycles. The molecule has 0 aromatic heterocycles. The molecule has 2 fully saturated rings. The average molecular weight is 229 g/mol. The molecule has 0 bridgehead atoms. The van der Waals surface area contributed by atoms with E-state index in [2.05, 4.69) is 11.6 Å². The van der Waals surface area contributed by atoms with Crippen LogP contribution in [0.3, 0.4) is 0 Å². The molecule has 2 rings (SSSR count). The van der Waals surface area contributed by atoms with Crippen molar-refractivity contribution in [1.82, 2.24) is 5.32 Å². The molecule has 3 heteroatoms. The summed E-state index contributed by atoms with van der Waals surface area (Å²) in [5, 5.41) is 14.4. The highest BCUT2D eigenvalue weighted by Crippen LogP contribution is 2.29. The predicted molar refractivity (Wildman–Crippen MR) is 66.3 cm³/mol. The van der Waals surface area contributed by atoms with Gasteiger partial charge in [0.2, 0.25) is 0 Å². The summed E-state index contributed by atoms with van der Waals surface area (Å²) in [4.78, 5) is 0. The molecule has 4 atom stereocenters. The fraction of sp³-hybridized carbons (Fsp3) is 1.00. The Morgan fingerprint density at radius 3 is 2.60 bits per heavy atom. The molecule has 0 amide bonds. The minimum atomic E-state index is -0.0907. The van der Waals surface area contributed by atoms with E-state index in [4.69, 9.17) is 0 Å². The minimum Gasteiger partial charge on any atom is -0.392 e. The zero-order chi connectivity index (χ0) is 10.7. The third-order valence-electron chi connectivity index (χ3n) is 3.90. The molecular formula is C12H23NOS. The van der Waals surface area contributed by atoms with E-state index in [-0.39, 0.29) is 6.10 Å². The van der Waals surface area contributed by atoms with E-state index in [1.807, 2.05) is 11.8 Å². The minimum absolute atomic E-state index is 0.0907. The smallest absolute Gasteiger partial charge is 0.0693 e. The topological polar surface area (TPSA) is 32.3 Å². The first-order valence-corrected chi connectivity index (χ1v) is 7.55. The van der Waals surface area contributed by atoms with Gasteiger partial charge >= 0.3 is 0 Å². The van der Waals surface area contributed by atoms with Gasteiger partial charge in [0.1, 0.15) is 0 Å². The molecule has 0 radical (unpaired) electrons. The fourth-order valence-electron chi connectivity index (χ4n) is 2.91. The largest absolute Gasteiger partial charge is 0.392 e. The van der Waals surface area contributed by atoms with Gasteiger partial charge in [-0.3, -0.25) is 0 Å². The highest BCUT2D eigenvalue weighted by molar-refractivity contribution is 7.99. The van der Waals surface area contributed by atoms with E-state index in [0.29, 0.717) is 12.1 Å². The van der Waals surface area contributed by atoms with Gasteiger partial charge in [0, 0.05) is 17.3 Å². The quantitative estimate of drug-likeness (QED) is 0.778. The number of aliphatic hydroxyl groups is 1. The van der Waals surface area contributed by atoms with Crippen LogP contribution in [-0.2, 0) is 0 Å². The van der Waals surface area contributed by atoms with Crippen molar-refractivity contribution in [2.45, 2.75) is 68.4 Å². The summed E-state index contributed by atoms with van der Waals surface area (Å²) in [6.07, 6.45) is 10.7. The lowest BCUT2D eigenvalue weighted by Crippen LogP contribution is -2.46. The predicted octanol–water partition coefficient (Wildman–Crippen LogP) is 2.16. The van der Waals surface area contributed by atoms with Crippen molar-refractivity contribution in [1.29, 1.82) is 0 Å². The van der Waals surface area contributed by atoms with Gasteiger partial charge in [-0.25, -0.2) is 0 Å². The maximum Gasteiger partial charge on any atom is 0.0693 e. The van der Waals surface area contributed by atoms with Gasteiger partial charge in [0.25, 0.3) is 0 Å². The molecule has 2 aliphatic rings. The van der Waals surface area contributed by atoms with Crippen molar-refractivity contribution in [2.75, 3.05) is 6.26 Å². The van der Waals surface area contributed by atoms with Crippen LogP contribution in [0.5, 0.6) is 0 Å². The van der Waals surface area contributed by atoms with Crippen molar-refractivity contribution in [3.8, 4) is 0 Å². The Kier molecular flexibility index (Phi) is 4.35. The van der Waals surface area contributed by atoms with Gasteiger partial charge in [-0.05, 0) is 38.4 Å². The first-order valence-electron chi connectivity index (χ1n) is 6.26. The second-order valence-electron chi connectivity index (χ2n) is 4.99. The van der Waals surface area contributed by atoms with Gasteiger partial charge < -0.3 is 10.4 Å². The lowest BCUT2D eigenvalue weighted by Gasteiger charge is -2.31. The Morgan fingerprint density at radius 2 is 1.93 bits per heavy atom. The Hall–Kier alpha value is 0.270. The average Bonchev–Trinajstić information content (AvgIpc) is 2.69. The number of hydrogen-bond donors (Lipinski definition) is 2. The summed E-state index contributed by atoms with van der Waals surface area (Å²) in [6, 6.07) is 1.05.